The van der Waals surface area contributed by atoms with E-state index in [1.807, 2.05) is 24.3 Å². The third-order valence-electron chi connectivity index (χ3n) is 3.11. The van der Waals surface area contributed by atoms with Crippen molar-refractivity contribution >= 4 is 31.6 Å². The van der Waals surface area contributed by atoms with Crippen LogP contribution in [-0.2, 0) is 10.0 Å². The fraction of sp³-hybridized carbons (Fsp3) is 0.500. The molecule has 0 bridgehead atoms. The van der Waals surface area contributed by atoms with Gasteiger partial charge in [-0.15, -0.1) is 0 Å². The lowest BCUT2D eigenvalue weighted by Crippen LogP contribution is -2.37. The number of hydrogen-bond donors (Lipinski definition) is 1. The second-order valence-electron chi connectivity index (χ2n) is 4.40. The lowest BCUT2D eigenvalue weighted by molar-refractivity contribution is 0.562. The Morgan fingerprint density at radius 1 is 1.44 bits per heavy atom. The summed E-state index contributed by atoms with van der Waals surface area (Å²) < 4.78 is 26.8. The fourth-order valence-corrected chi connectivity index (χ4v) is 3.52. The Morgan fingerprint density at radius 3 is 2.83 bits per heavy atom. The molecule has 1 heterocycles. The van der Waals surface area contributed by atoms with Gasteiger partial charge < -0.3 is 4.90 Å². The summed E-state index contributed by atoms with van der Waals surface area (Å²) in [7, 11) is -3.11. The molecule has 4 nitrogen and oxygen atoms in total. The molecule has 1 saturated heterocycles. The van der Waals surface area contributed by atoms with Gasteiger partial charge in [-0.1, -0.05) is 12.1 Å². The molecule has 0 unspecified atom stereocenters. The predicted molar refractivity (Wildman–Crippen MR) is 77.4 cm³/mol. The van der Waals surface area contributed by atoms with Crippen molar-refractivity contribution < 1.29 is 8.42 Å². The van der Waals surface area contributed by atoms with Crippen molar-refractivity contribution in [3.8, 4) is 0 Å². The van der Waals surface area contributed by atoms with Gasteiger partial charge in [0.1, 0.15) is 0 Å². The normalized spacial score (nSPS) is 20.3. The Bertz CT molecular complexity index is 519. The second-order valence-corrected chi connectivity index (χ2v) is 7.30. The van der Waals surface area contributed by atoms with Crippen LogP contribution in [0.25, 0.3) is 0 Å². The molecule has 18 heavy (non-hydrogen) atoms. The van der Waals surface area contributed by atoms with E-state index in [0.29, 0.717) is 0 Å². The molecule has 6 heteroatoms. The number of halogens is 1. The predicted octanol–water partition coefficient (Wildman–Crippen LogP) is 1.97. The van der Waals surface area contributed by atoms with Crippen LogP contribution in [0.5, 0.6) is 0 Å². The molecule has 0 amide bonds. The van der Waals surface area contributed by atoms with E-state index in [-0.39, 0.29) is 11.8 Å². The van der Waals surface area contributed by atoms with Crippen LogP contribution in [0.4, 0.5) is 5.69 Å². The third-order valence-corrected chi connectivity index (χ3v) is 5.23. The molecular formula is C12H17BrN2O2S. The Morgan fingerprint density at radius 2 is 2.17 bits per heavy atom. The van der Waals surface area contributed by atoms with Gasteiger partial charge in [-0.25, -0.2) is 13.1 Å². The highest BCUT2D eigenvalue weighted by atomic mass is 79.9. The molecule has 1 fully saturated rings. The van der Waals surface area contributed by atoms with Gasteiger partial charge >= 0.3 is 0 Å². The number of sulfonamides is 1. The molecule has 1 aromatic rings. The Labute approximate surface area is 117 Å². The van der Waals surface area contributed by atoms with E-state index >= 15 is 0 Å². The van der Waals surface area contributed by atoms with Crippen molar-refractivity contribution in [2.75, 3.05) is 23.7 Å². The number of rotatable bonds is 4. The van der Waals surface area contributed by atoms with E-state index in [1.54, 1.807) is 6.92 Å². The third kappa shape index (κ3) is 3.24. The highest BCUT2D eigenvalue weighted by molar-refractivity contribution is 9.10. The first-order chi connectivity index (χ1) is 8.52. The molecule has 1 aliphatic rings. The van der Waals surface area contributed by atoms with Crippen LogP contribution in [0.1, 0.15) is 13.3 Å². The van der Waals surface area contributed by atoms with E-state index in [4.69, 9.17) is 0 Å². The average molecular weight is 333 g/mol. The largest absolute Gasteiger partial charge is 0.369 e. The maximum Gasteiger partial charge on any atom is 0.211 e. The summed E-state index contributed by atoms with van der Waals surface area (Å²) in [5.41, 5.74) is 1.12. The van der Waals surface area contributed by atoms with Gasteiger partial charge in [-0.2, -0.15) is 0 Å². The van der Waals surface area contributed by atoms with E-state index in [2.05, 4.69) is 25.6 Å². The Hall–Kier alpha value is -0.590. The minimum absolute atomic E-state index is 0.0158. The molecule has 0 spiro atoms. The SMILES string of the molecule is CCS(=O)(=O)N[C@H]1CCN(c2ccccc2Br)C1. The van der Waals surface area contributed by atoms with Crippen LogP contribution in [0, 0.1) is 0 Å². The summed E-state index contributed by atoms with van der Waals surface area (Å²) in [6.07, 6.45) is 0.848. The van der Waals surface area contributed by atoms with E-state index in [9.17, 15) is 8.42 Å². The zero-order valence-electron chi connectivity index (χ0n) is 10.3. The quantitative estimate of drug-likeness (QED) is 0.917. The maximum absolute atomic E-state index is 11.5. The van der Waals surface area contributed by atoms with Crippen LogP contribution >= 0.6 is 15.9 Å². The highest BCUT2D eigenvalue weighted by Crippen LogP contribution is 2.28. The Balaban J connectivity index is 2.03. The van der Waals surface area contributed by atoms with Crippen LogP contribution < -0.4 is 9.62 Å². The van der Waals surface area contributed by atoms with Gasteiger partial charge in [0, 0.05) is 23.6 Å². The molecule has 0 aromatic heterocycles. The first kappa shape index (κ1) is 13.8. The molecule has 0 radical (unpaired) electrons. The molecule has 100 valence electrons. The molecule has 0 saturated carbocycles. The molecule has 1 N–H and O–H groups in total. The lowest BCUT2D eigenvalue weighted by atomic mass is 10.3. The van der Waals surface area contributed by atoms with Crippen LogP contribution in [0.15, 0.2) is 28.7 Å². The lowest BCUT2D eigenvalue weighted by Gasteiger charge is -2.20. The summed E-state index contributed by atoms with van der Waals surface area (Å²) in [6.45, 7) is 3.25. The number of anilines is 1. The number of hydrogen-bond acceptors (Lipinski definition) is 3. The zero-order valence-corrected chi connectivity index (χ0v) is 12.7. The minimum Gasteiger partial charge on any atom is -0.369 e. The number of para-hydroxylation sites is 1. The van der Waals surface area contributed by atoms with Crippen LogP contribution in [-0.4, -0.2) is 33.3 Å². The summed E-state index contributed by atoms with van der Waals surface area (Å²) in [5, 5.41) is 0. The zero-order chi connectivity index (χ0) is 13.2. The summed E-state index contributed by atoms with van der Waals surface area (Å²) >= 11 is 3.52. The van der Waals surface area contributed by atoms with Crippen molar-refractivity contribution in [1.82, 2.24) is 4.72 Å². The van der Waals surface area contributed by atoms with Gasteiger partial charge in [0.25, 0.3) is 0 Å². The molecule has 1 aromatic carbocycles. The summed E-state index contributed by atoms with van der Waals surface area (Å²) in [5.74, 6) is 0.137. The first-order valence-electron chi connectivity index (χ1n) is 6.01. The molecule has 2 rings (SSSR count). The van der Waals surface area contributed by atoms with Gasteiger partial charge in [0.2, 0.25) is 10.0 Å². The molecule has 1 aliphatic heterocycles. The monoisotopic (exact) mass is 332 g/mol. The molecular weight excluding hydrogens is 316 g/mol. The Kier molecular flexibility index (Phi) is 4.29. The van der Waals surface area contributed by atoms with Crippen molar-refractivity contribution in [1.29, 1.82) is 0 Å². The second kappa shape index (κ2) is 5.59. The van der Waals surface area contributed by atoms with Crippen molar-refractivity contribution in [3.05, 3.63) is 28.7 Å². The smallest absolute Gasteiger partial charge is 0.211 e. The van der Waals surface area contributed by atoms with Crippen molar-refractivity contribution in [3.63, 3.8) is 0 Å². The van der Waals surface area contributed by atoms with E-state index in [0.717, 1.165) is 29.7 Å². The first-order valence-corrected chi connectivity index (χ1v) is 8.46. The maximum atomic E-state index is 11.5. The van der Waals surface area contributed by atoms with Gasteiger partial charge in [-0.3, -0.25) is 0 Å². The average Bonchev–Trinajstić information content (AvgIpc) is 2.77. The van der Waals surface area contributed by atoms with Gasteiger partial charge in [0.15, 0.2) is 0 Å². The standard InChI is InChI=1S/C12H17BrN2O2S/c1-2-18(16,17)14-10-7-8-15(9-10)12-6-4-3-5-11(12)13/h3-6,10,14H,2,7-9H2,1H3/t10-/m0/s1. The topological polar surface area (TPSA) is 49.4 Å². The number of nitrogens with zero attached hydrogens (tertiary/aromatic N) is 1. The van der Waals surface area contributed by atoms with E-state index < -0.39 is 10.0 Å². The molecule has 1 atom stereocenters. The summed E-state index contributed by atoms with van der Waals surface area (Å²) in [6, 6.07) is 8.02. The highest BCUT2D eigenvalue weighted by Gasteiger charge is 2.26. The van der Waals surface area contributed by atoms with E-state index in [1.165, 1.54) is 0 Å². The van der Waals surface area contributed by atoms with Crippen LogP contribution in [0.3, 0.4) is 0 Å². The number of nitrogens with one attached hydrogen (secondary N) is 1. The molecule has 0 aliphatic carbocycles. The number of benzene rings is 1. The van der Waals surface area contributed by atoms with Crippen molar-refractivity contribution in [2.45, 2.75) is 19.4 Å². The van der Waals surface area contributed by atoms with Crippen molar-refractivity contribution in [2.24, 2.45) is 0 Å². The van der Waals surface area contributed by atoms with Crippen LogP contribution in [0.2, 0.25) is 0 Å². The fourth-order valence-electron chi connectivity index (χ4n) is 2.12. The summed E-state index contributed by atoms with van der Waals surface area (Å²) in [4.78, 5) is 2.20. The van der Waals surface area contributed by atoms with Gasteiger partial charge in [0.05, 0.1) is 11.4 Å². The van der Waals surface area contributed by atoms with Gasteiger partial charge in [-0.05, 0) is 41.4 Å². The minimum atomic E-state index is -3.11.